The predicted octanol–water partition coefficient (Wildman–Crippen LogP) is 1.53. The van der Waals surface area contributed by atoms with Gasteiger partial charge >= 0.3 is 6.09 Å². The quantitative estimate of drug-likeness (QED) is 0.821. The number of carbonyl (C=O) groups excluding carboxylic acids is 1. The highest BCUT2D eigenvalue weighted by Crippen LogP contribution is 2.29. The molecule has 0 aliphatic carbocycles. The highest BCUT2D eigenvalue weighted by molar-refractivity contribution is 7.78. The number of carbonyl (C=O) groups is 1. The number of nitrogens with zero attached hydrogens (tertiary/aromatic N) is 2. The molecule has 1 aromatic rings. The van der Waals surface area contributed by atoms with Crippen molar-refractivity contribution in [2.75, 3.05) is 49.3 Å². The summed E-state index contributed by atoms with van der Waals surface area (Å²) in [6.45, 7) is 3.20. The molecule has 2 saturated heterocycles. The Morgan fingerprint density at radius 2 is 2.17 bits per heavy atom. The Morgan fingerprint density at radius 3 is 2.87 bits per heavy atom. The van der Waals surface area contributed by atoms with Gasteiger partial charge in [-0.25, -0.2) is 9.18 Å². The maximum atomic E-state index is 14.5. The fourth-order valence-corrected chi connectivity index (χ4v) is 2.91. The van der Waals surface area contributed by atoms with Gasteiger partial charge in [0, 0.05) is 19.6 Å². The third-order valence-electron chi connectivity index (χ3n) is 3.96. The highest BCUT2D eigenvalue weighted by atomic mass is 32.1. The number of anilines is 2. The van der Waals surface area contributed by atoms with Crippen molar-refractivity contribution < 1.29 is 18.7 Å². The SMILES string of the molecule is O=C1OC[C@H](CNC=S)N1c1ccc(N2CCOCC2)c(F)c1. The zero-order chi connectivity index (χ0) is 16.2. The predicted molar refractivity (Wildman–Crippen MR) is 88.7 cm³/mol. The second-order valence-corrected chi connectivity index (χ2v) is 5.60. The number of cyclic esters (lactones) is 1. The van der Waals surface area contributed by atoms with E-state index in [1.54, 1.807) is 12.1 Å². The molecule has 2 aliphatic heterocycles. The summed E-state index contributed by atoms with van der Waals surface area (Å²) in [5, 5.41) is 2.89. The first kappa shape index (κ1) is 15.9. The van der Waals surface area contributed by atoms with E-state index in [1.165, 1.54) is 16.5 Å². The van der Waals surface area contributed by atoms with E-state index < -0.39 is 6.09 Å². The standard InChI is InChI=1S/C15H18FN3O3S/c16-13-7-11(1-2-14(13)18-3-5-21-6-4-18)19-12(8-17-10-23)9-22-15(19)20/h1-2,7,10,12H,3-6,8-9H2,(H,17,23)/t12-/m0/s1. The molecule has 1 amide bonds. The third-order valence-corrected chi connectivity index (χ3v) is 4.13. The molecule has 23 heavy (non-hydrogen) atoms. The van der Waals surface area contributed by atoms with Crippen LogP contribution in [0.25, 0.3) is 0 Å². The second-order valence-electron chi connectivity index (χ2n) is 5.36. The molecule has 1 atom stereocenters. The van der Waals surface area contributed by atoms with Crippen LogP contribution in [0.1, 0.15) is 0 Å². The Kier molecular flexibility index (Phi) is 4.92. The number of thiocarbonyl (C=S) groups is 1. The lowest BCUT2D eigenvalue weighted by atomic mass is 10.2. The summed E-state index contributed by atoms with van der Waals surface area (Å²) in [7, 11) is 0. The van der Waals surface area contributed by atoms with Crippen molar-refractivity contribution >= 4 is 35.2 Å². The summed E-state index contributed by atoms with van der Waals surface area (Å²) in [4.78, 5) is 15.3. The topological polar surface area (TPSA) is 54.0 Å². The van der Waals surface area contributed by atoms with Gasteiger partial charge in [-0.05, 0) is 18.2 Å². The molecule has 0 saturated carbocycles. The van der Waals surface area contributed by atoms with Gasteiger partial charge in [0.2, 0.25) is 0 Å². The Balaban J connectivity index is 1.80. The largest absolute Gasteiger partial charge is 0.447 e. The average Bonchev–Trinajstić information content (AvgIpc) is 2.94. The van der Waals surface area contributed by atoms with E-state index in [0.29, 0.717) is 44.2 Å². The first-order valence-corrected chi connectivity index (χ1v) is 7.93. The molecule has 0 bridgehead atoms. The van der Waals surface area contributed by atoms with E-state index in [2.05, 4.69) is 5.32 Å². The van der Waals surface area contributed by atoms with Gasteiger partial charge in [-0.15, -0.1) is 0 Å². The van der Waals surface area contributed by atoms with E-state index in [-0.39, 0.29) is 18.5 Å². The molecule has 2 heterocycles. The Morgan fingerprint density at radius 1 is 1.39 bits per heavy atom. The van der Waals surface area contributed by atoms with E-state index in [9.17, 15) is 9.18 Å². The fourth-order valence-electron chi connectivity index (χ4n) is 2.82. The van der Waals surface area contributed by atoms with Gasteiger partial charge in [-0.3, -0.25) is 4.90 Å². The highest BCUT2D eigenvalue weighted by Gasteiger charge is 2.34. The molecule has 0 aromatic heterocycles. The van der Waals surface area contributed by atoms with Crippen molar-refractivity contribution in [1.82, 2.24) is 5.32 Å². The van der Waals surface area contributed by atoms with Gasteiger partial charge in [-0.1, -0.05) is 12.2 Å². The van der Waals surface area contributed by atoms with Gasteiger partial charge in [0.15, 0.2) is 0 Å². The van der Waals surface area contributed by atoms with Crippen molar-refractivity contribution in [1.29, 1.82) is 0 Å². The number of nitrogens with one attached hydrogen (secondary N) is 1. The molecule has 0 radical (unpaired) electrons. The monoisotopic (exact) mass is 339 g/mol. The van der Waals surface area contributed by atoms with E-state index >= 15 is 0 Å². The molecule has 8 heteroatoms. The number of hydrogen-bond donors (Lipinski definition) is 1. The van der Waals surface area contributed by atoms with E-state index in [0.717, 1.165) is 0 Å². The van der Waals surface area contributed by atoms with Crippen molar-refractivity contribution in [2.45, 2.75) is 6.04 Å². The van der Waals surface area contributed by atoms with Crippen LogP contribution >= 0.6 is 12.2 Å². The number of morpholine rings is 1. The molecule has 0 unspecified atom stereocenters. The fraction of sp³-hybridized carbons (Fsp3) is 0.467. The van der Waals surface area contributed by atoms with Crippen LogP contribution in [0.15, 0.2) is 18.2 Å². The maximum absolute atomic E-state index is 14.5. The third kappa shape index (κ3) is 3.37. The van der Waals surface area contributed by atoms with Crippen LogP contribution < -0.4 is 15.1 Å². The Labute approximate surface area is 139 Å². The number of benzene rings is 1. The summed E-state index contributed by atoms with van der Waals surface area (Å²) in [6.07, 6.45) is -0.473. The van der Waals surface area contributed by atoms with Gasteiger partial charge in [0.25, 0.3) is 0 Å². The minimum absolute atomic E-state index is 0.213. The van der Waals surface area contributed by atoms with Crippen LogP contribution in [0, 0.1) is 5.82 Å². The molecule has 3 rings (SSSR count). The van der Waals surface area contributed by atoms with Crippen molar-refractivity contribution in [3.8, 4) is 0 Å². The molecule has 124 valence electrons. The van der Waals surface area contributed by atoms with Gasteiger partial charge < -0.3 is 19.7 Å². The molecule has 2 fully saturated rings. The van der Waals surface area contributed by atoms with Crippen LogP contribution in [0.2, 0.25) is 0 Å². The van der Waals surface area contributed by atoms with Crippen molar-refractivity contribution in [3.63, 3.8) is 0 Å². The van der Waals surface area contributed by atoms with E-state index in [1.807, 2.05) is 4.90 Å². The number of halogens is 1. The normalized spacial score (nSPS) is 21.3. The smallest absolute Gasteiger partial charge is 0.414 e. The van der Waals surface area contributed by atoms with Crippen LogP contribution in [0.5, 0.6) is 0 Å². The molecular weight excluding hydrogens is 321 g/mol. The minimum Gasteiger partial charge on any atom is -0.447 e. The Bertz CT molecular complexity index is 595. The van der Waals surface area contributed by atoms with Crippen LogP contribution in [0.3, 0.4) is 0 Å². The van der Waals surface area contributed by atoms with Crippen molar-refractivity contribution in [3.05, 3.63) is 24.0 Å². The minimum atomic E-state index is -0.473. The molecular formula is C15H18FN3O3S. The molecule has 6 nitrogen and oxygen atoms in total. The average molecular weight is 339 g/mol. The first-order valence-electron chi connectivity index (χ1n) is 7.46. The lowest BCUT2D eigenvalue weighted by Gasteiger charge is -2.30. The molecule has 1 aromatic carbocycles. The van der Waals surface area contributed by atoms with E-state index in [4.69, 9.17) is 21.7 Å². The lowest BCUT2D eigenvalue weighted by Crippen LogP contribution is -2.40. The van der Waals surface area contributed by atoms with Crippen LogP contribution in [0.4, 0.5) is 20.6 Å². The van der Waals surface area contributed by atoms with Crippen molar-refractivity contribution in [2.24, 2.45) is 0 Å². The second kappa shape index (κ2) is 7.10. The molecule has 2 aliphatic rings. The van der Waals surface area contributed by atoms with Gasteiger partial charge in [-0.2, -0.15) is 0 Å². The summed E-state index contributed by atoms with van der Waals surface area (Å²) >= 11 is 4.73. The summed E-state index contributed by atoms with van der Waals surface area (Å²) in [5.41, 5.74) is 2.40. The molecule has 1 N–H and O–H groups in total. The number of rotatable bonds is 5. The zero-order valence-electron chi connectivity index (χ0n) is 12.5. The van der Waals surface area contributed by atoms with Gasteiger partial charge in [0.1, 0.15) is 12.4 Å². The summed E-state index contributed by atoms with van der Waals surface area (Å²) < 4.78 is 24.8. The number of amides is 1. The lowest BCUT2D eigenvalue weighted by molar-refractivity contribution is 0.122. The number of hydrogen-bond acceptors (Lipinski definition) is 5. The number of ether oxygens (including phenoxy) is 2. The summed E-state index contributed by atoms with van der Waals surface area (Å²) in [5.74, 6) is -0.356. The van der Waals surface area contributed by atoms with Crippen LogP contribution in [-0.4, -0.2) is 57.1 Å². The zero-order valence-corrected chi connectivity index (χ0v) is 13.4. The van der Waals surface area contributed by atoms with Gasteiger partial charge in [0.05, 0.1) is 36.1 Å². The molecule has 0 spiro atoms. The van der Waals surface area contributed by atoms with Crippen LogP contribution in [-0.2, 0) is 9.47 Å². The maximum Gasteiger partial charge on any atom is 0.414 e. The first-order chi connectivity index (χ1) is 11.2. The Hall–Kier alpha value is -1.93. The summed E-state index contributed by atoms with van der Waals surface area (Å²) in [6, 6.07) is 4.60.